The molecule has 0 radical (unpaired) electrons. The zero-order valence-electron chi connectivity index (χ0n) is 19.3. The number of carbonyl (C=O) groups is 2. The average molecular weight is 492 g/mol. The molecule has 1 spiro atoms. The Morgan fingerprint density at radius 1 is 1.00 bits per heavy atom. The van der Waals surface area contributed by atoms with Gasteiger partial charge in [-0.2, -0.15) is 0 Å². The number of carbonyl (C=O) groups excluding carboxylic acids is 2. The number of nitrogens with one attached hydrogen (secondary N) is 2. The highest BCUT2D eigenvalue weighted by Gasteiger charge is 2.37. The number of para-hydroxylation sites is 1. The number of hydrogen-bond acceptors (Lipinski definition) is 3. The maximum atomic E-state index is 13.6. The molecule has 5 nitrogen and oxygen atoms in total. The number of nitrogens with zero attached hydrogens (tertiary/aromatic N) is 1. The van der Waals surface area contributed by atoms with Gasteiger partial charge in [-0.05, 0) is 86.3 Å². The summed E-state index contributed by atoms with van der Waals surface area (Å²) in [6, 6.07) is 18.5. The molecule has 0 saturated carbocycles. The second-order valence-corrected chi connectivity index (χ2v) is 9.74. The van der Waals surface area contributed by atoms with E-state index in [1.165, 1.54) is 30.5 Å². The van der Waals surface area contributed by atoms with Crippen LogP contribution in [-0.4, -0.2) is 30.4 Å². The summed E-state index contributed by atoms with van der Waals surface area (Å²) in [4.78, 5) is 28.0. The van der Waals surface area contributed by atoms with Crippen LogP contribution in [0.4, 0.5) is 15.8 Å². The molecular weight excluding hydrogens is 465 g/mol. The largest absolute Gasteiger partial charge is 0.322 e. The number of anilines is 2. The van der Waals surface area contributed by atoms with Crippen molar-refractivity contribution in [3.05, 3.63) is 94.3 Å². The van der Waals surface area contributed by atoms with Crippen molar-refractivity contribution in [2.24, 2.45) is 0 Å². The molecule has 1 saturated heterocycles. The summed E-state index contributed by atoms with van der Waals surface area (Å²) < 4.78 is 13.5. The van der Waals surface area contributed by atoms with Crippen LogP contribution in [0.25, 0.3) is 0 Å². The Balaban J connectivity index is 1.35. The SMILES string of the molecule is O=C(Nc1ccc(C(=O)N2CCC3(CCCCN3)Cc3ccccc32)cc1)c1cc(F)ccc1Cl. The van der Waals surface area contributed by atoms with Gasteiger partial charge in [0.05, 0.1) is 10.6 Å². The van der Waals surface area contributed by atoms with Crippen LogP contribution in [0.2, 0.25) is 5.02 Å². The number of halogens is 2. The van der Waals surface area contributed by atoms with Gasteiger partial charge < -0.3 is 15.5 Å². The fraction of sp³-hybridized carbons (Fsp3) is 0.286. The Morgan fingerprint density at radius 2 is 1.80 bits per heavy atom. The van der Waals surface area contributed by atoms with Crippen LogP contribution in [-0.2, 0) is 6.42 Å². The maximum Gasteiger partial charge on any atom is 0.258 e. The van der Waals surface area contributed by atoms with Gasteiger partial charge in [0.1, 0.15) is 5.82 Å². The van der Waals surface area contributed by atoms with E-state index in [1.807, 2.05) is 23.1 Å². The molecule has 2 N–H and O–H groups in total. The van der Waals surface area contributed by atoms with Crippen LogP contribution in [0.3, 0.4) is 0 Å². The van der Waals surface area contributed by atoms with E-state index < -0.39 is 11.7 Å². The van der Waals surface area contributed by atoms with Gasteiger partial charge >= 0.3 is 0 Å². The van der Waals surface area contributed by atoms with E-state index in [1.54, 1.807) is 24.3 Å². The van der Waals surface area contributed by atoms with Gasteiger partial charge in [-0.25, -0.2) is 4.39 Å². The summed E-state index contributed by atoms with van der Waals surface area (Å²) >= 11 is 6.04. The number of rotatable bonds is 3. The van der Waals surface area contributed by atoms with Gasteiger partial charge in [-0.15, -0.1) is 0 Å². The van der Waals surface area contributed by atoms with E-state index in [0.29, 0.717) is 17.8 Å². The van der Waals surface area contributed by atoms with Crippen molar-refractivity contribution in [3.63, 3.8) is 0 Å². The normalized spacial score (nSPS) is 19.7. The molecule has 2 amide bonds. The highest BCUT2D eigenvalue weighted by atomic mass is 35.5. The Morgan fingerprint density at radius 3 is 2.57 bits per heavy atom. The van der Waals surface area contributed by atoms with Crippen molar-refractivity contribution in [2.45, 2.75) is 37.6 Å². The first-order valence-corrected chi connectivity index (χ1v) is 12.3. The molecule has 180 valence electrons. The third-order valence-corrected chi connectivity index (χ3v) is 7.34. The topological polar surface area (TPSA) is 61.4 Å². The molecule has 0 aliphatic carbocycles. The predicted octanol–water partition coefficient (Wildman–Crippen LogP) is 5.84. The van der Waals surface area contributed by atoms with Gasteiger partial charge in [0, 0.05) is 29.0 Å². The van der Waals surface area contributed by atoms with E-state index >= 15 is 0 Å². The third-order valence-electron chi connectivity index (χ3n) is 7.02. The Hall–Kier alpha value is -3.22. The van der Waals surface area contributed by atoms with E-state index in [4.69, 9.17) is 11.6 Å². The summed E-state index contributed by atoms with van der Waals surface area (Å²) in [5.41, 5.74) is 3.26. The monoisotopic (exact) mass is 491 g/mol. The van der Waals surface area contributed by atoms with Crippen molar-refractivity contribution in [1.82, 2.24) is 5.32 Å². The summed E-state index contributed by atoms with van der Waals surface area (Å²) in [7, 11) is 0. The number of piperidine rings is 1. The first-order chi connectivity index (χ1) is 16.9. The van der Waals surface area contributed by atoms with Crippen molar-refractivity contribution in [3.8, 4) is 0 Å². The van der Waals surface area contributed by atoms with Crippen molar-refractivity contribution < 1.29 is 14.0 Å². The van der Waals surface area contributed by atoms with Gasteiger partial charge in [0.15, 0.2) is 0 Å². The fourth-order valence-electron chi connectivity index (χ4n) is 5.15. The predicted molar refractivity (Wildman–Crippen MR) is 137 cm³/mol. The highest BCUT2D eigenvalue weighted by molar-refractivity contribution is 6.34. The van der Waals surface area contributed by atoms with Crippen LogP contribution in [0, 0.1) is 5.82 Å². The first kappa shape index (κ1) is 23.5. The molecule has 7 heteroatoms. The molecule has 0 bridgehead atoms. The van der Waals surface area contributed by atoms with E-state index in [9.17, 15) is 14.0 Å². The van der Waals surface area contributed by atoms with Gasteiger partial charge in [0.25, 0.3) is 11.8 Å². The molecule has 2 aliphatic heterocycles. The molecular formula is C28H27ClFN3O2. The van der Waals surface area contributed by atoms with E-state index in [2.05, 4.69) is 16.7 Å². The molecule has 3 aromatic rings. The summed E-state index contributed by atoms with van der Waals surface area (Å²) in [5.74, 6) is -1.12. The molecule has 2 heterocycles. The summed E-state index contributed by atoms with van der Waals surface area (Å²) in [5, 5.41) is 6.63. The smallest absolute Gasteiger partial charge is 0.258 e. The molecule has 5 rings (SSSR count). The molecule has 3 aromatic carbocycles. The minimum atomic E-state index is -0.538. The maximum absolute atomic E-state index is 13.6. The highest BCUT2D eigenvalue weighted by Crippen LogP contribution is 2.36. The molecule has 35 heavy (non-hydrogen) atoms. The standard InChI is InChI=1S/C28H27ClFN3O2/c29-24-12-9-21(30)17-23(24)26(34)32-22-10-7-19(8-11-22)27(35)33-16-14-28(13-3-4-15-31-28)18-20-5-1-2-6-25(20)33/h1-2,5-12,17,31H,3-4,13-16,18H2,(H,32,34). The Bertz CT molecular complexity index is 1260. The van der Waals surface area contributed by atoms with Crippen LogP contribution in [0.15, 0.2) is 66.7 Å². The van der Waals surface area contributed by atoms with Crippen LogP contribution in [0.5, 0.6) is 0 Å². The first-order valence-electron chi connectivity index (χ1n) is 12.0. The molecule has 1 fully saturated rings. The lowest BCUT2D eigenvalue weighted by atomic mass is 9.81. The quantitative estimate of drug-likeness (QED) is 0.484. The van der Waals surface area contributed by atoms with Crippen LogP contribution >= 0.6 is 11.6 Å². The molecule has 1 unspecified atom stereocenters. The Labute approximate surface area is 209 Å². The van der Waals surface area contributed by atoms with Gasteiger partial charge in [-0.1, -0.05) is 36.2 Å². The minimum Gasteiger partial charge on any atom is -0.322 e. The lowest BCUT2D eigenvalue weighted by Crippen LogP contribution is -2.51. The van der Waals surface area contributed by atoms with Crippen molar-refractivity contribution >= 4 is 34.8 Å². The second kappa shape index (κ2) is 9.80. The van der Waals surface area contributed by atoms with Crippen molar-refractivity contribution in [1.29, 1.82) is 0 Å². The Kier molecular flexibility index (Phi) is 6.58. The van der Waals surface area contributed by atoms with E-state index in [0.717, 1.165) is 37.6 Å². The lowest BCUT2D eigenvalue weighted by Gasteiger charge is -2.38. The van der Waals surface area contributed by atoms with Crippen LogP contribution < -0.4 is 15.5 Å². The van der Waals surface area contributed by atoms with Gasteiger partial charge in [0.2, 0.25) is 0 Å². The molecule has 1 atom stereocenters. The van der Waals surface area contributed by atoms with Crippen LogP contribution in [0.1, 0.15) is 52.0 Å². The van der Waals surface area contributed by atoms with E-state index in [-0.39, 0.29) is 22.0 Å². The summed E-state index contributed by atoms with van der Waals surface area (Å²) in [6.45, 7) is 1.66. The number of hydrogen-bond donors (Lipinski definition) is 2. The summed E-state index contributed by atoms with van der Waals surface area (Å²) in [6.07, 6.45) is 5.33. The van der Waals surface area contributed by atoms with Gasteiger partial charge in [-0.3, -0.25) is 9.59 Å². The number of benzene rings is 3. The second-order valence-electron chi connectivity index (χ2n) is 9.33. The number of fused-ring (bicyclic) bond motifs is 1. The van der Waals surface area contributed by atoms with Crippen molar-refractivity contribution in [2.75, 3.05) is 23.3 Å². The average Bonchev–Trinajstić information content (AvgIpc) is 3.02. The molecule has 2 aliphatic rings. The molecule has 0 aromatic heterocycles. The number of amides is 2. The zero-order chi connectivity index (χ0) is 24.4. The minimum absolute atomic E-state index is 0.0374. The lowest BCUT2D eigenvalue weighted by molar-refractivity contribution is 0.0983. The third kappa shape index (κ3) is 4.95. The zero-order valence-corrected chi connectivity index (χ0v) is 20.1. The fourth-order valence-corrected chi connectivity index (χ4v) is 5.35.